The Bertz CT molecular complexity index is 708. The van der Waals surface area contributed by atoms with Gasteiger partial charge in [-0.15, -0.1) is 10.2 Å². The maximum absolute atomic E-state index is 11.7. The smallest absolute Gasteiger partial charge is 0.320 e. The molecule has 3 N–H and O–H groups in total. The van der Waals surface area contributed by atoms with E-state index in [2.05, 4.69) is 43.2 Å². The van der Waals surface area contributed by atoms with Gasteiger partial charge in [0.25, 0.3) is 0 Å². The predicted molar refractivity (Wildman–Crippen MR) is 105 cm³/mol. The molecule has 0 atom stereocenters. The van der Waals surface area contributed by atoms with Crippen LogP contribution in [0.15, 0.2) is 36.4 Å². The molecule has 26 heavy (non-hydrogen) atoms. The zero-order valence-corrected chi connectivity index (χ0v) is 15.3. The lowest BCUT2D eigenvalue weighted by Gasteiger charge is -2.28. The van der Waals surface area contributed by atoms with E-state index in [1.54, 1.807) is 12.1 Å². The van der Waals surface area contributed by atoms with Crippen LogP contribution < -0.4 is 20.9 Å². The molecule has 1 saturated heterocycles. The van der Waals surface area contributed by atoms with Gasteiger partial charge in [0, 0.05) is 30.5 Å². The molecule has 7 nitrogen and oxygen atoms in total. The quantitative estimate of drug-likeness (QED) is 0.762. The molecule has 1 aromatic carbocycles. The summed E-state index contributed by atoms with van der Waals surface area (Å²) in [5.74, 6) is 1.04. The van der Waals surface area contributed by atoms with Crippen molar-refractivity contribution >= 4 is 29.0 Å². The van der Waals surface area contributed by atoms with E-state index >= 15 is 0 Å². The second-order valence-electron chi connectivity index (χ2n) is 6.78. The number of hydrogen-bond donors (Lipinski definition) is 3. The number of nitrogens with zero attached hydrogens (tertiary/aromatic N) is 3. The van der Waals surface area contributed by atoms with Crippen molar-refractivity contribution in [2.75, 3.05) is 28.6 Å². The molecule has 2 heterocycles. The van der Waals surface area contributed by atoms with Crippen molar-refractivity contribution in [2.45, 2.75) is 39.2 Å². The summed E-state index contributed by atoms with van der Waals surface area (Å²) in [5, 5.41) is 16.7. The molecule has 3 rings (SSSR count). The fourth-order valence-corrected chi connectivity index (χ4v) is 2.94. The molecular weight excluding hydrogens is 328 g/mol. The number of piperidine rings is 1. The van der Waals surface area contributed by atoms with E-state index in [1.165, 1.54) is 24.9 Å². The molecule has 0 unspecified atom stereocenters. The number of carbonyl (C=O) groups is 1. The van der Waals surface area contributed by atoms with Crippen LogP contribution in [0.1, 0.15) is 33.1 Å². The summed E-state index contributed by atoms with van der Waals surface area (Å²) in [6.07, 6.45) is 3.87. The number of nitrogens with one attached hydrogen (secondary N) is 3. The van der Waals surface area contributed by atoms with Gasteiger partial charge in [-0.25, -0.2) is 4.79 Å². The van der Waals surface area contributed by atoms with Crippen molar-refractivity contribution in [1.29, 1.82) is 0 Å². The number of hydrogen-bond acceptors (Lipinski definition) is 5. The van der Waals surface area contributed by atoms with E-state index < -0.39 is 0 Å². The minimum atomic E-state index is -0.289. The summed E-state index contributed by atoms with van der Waals surface area (Å²) < 4.78 is 0. The molecule has 2 aromatic rings. The maximum Gasteiger partial charge on any atom is 0.320 e. The first-order valence-electron chi connectivity index (χ1n) is 9.13. The van der Waals surface area contributed by atoms with Crippen molar-refractivity contribution in [3.8, 4) is 0 Å². The van der Waals surface area contributed by atoms with Crippen LogP contribution in [0.2, 0.25) is 0 Å². The highest BCUT2D eigenvalue weighted by Gasteiger charge is 2.10. The van der Waals surface area contributed by atoms with Crippen LogP contribution in [0.5, 0.6) is 0 Å². The Kier molecular flexibility index (Phi) is 5.88. The molecule has 0 radical (unpaired) electrons. The van der Waals surface area contributed by atoms with Gasteiger partial charge in [-0.1, -0.05) is 0 Å². The van der Waals surface area contributed by atoms with Gasteiger partial charge in [0.2, 0.25) is 0 Å². The summed E-state index contributed by atoms with van der Waals surface area (Å²) in [6, 6.07) is 11.6. The molecule has 0 saturated carbocycles. The second kappa shape index (κ2) is 8.51. The fraction of sp³-hybridized carbons (Fsp3) is 0.421. The highest BCUT2D eigenvalue weighted by Crippen LogP contribution is 2.23. The number of anilines is 4. The van der Waals surface area contributed by atoms with E-state index in [9.17, 15) is 4.79 Å². The summed E-state index contributed by atoms with van der Waals surface area (Å²) in [6.45, 7) is 6.07. The molecular formula is C19H26N6O. The SMILES string of the molecule is CC(C)NC(=O)Nc1ccc(Nc2ccc(N3CCCCC3)cc2)nn1. The topological polar surface area (TPSA) is 82.2 Å². The molecule has 2 amide bonds. The van der Waals surface area contributed by atoms with Crippen LogP contribution in [0, 0.1) is 0 Å². The number of amides is 2. The lowest BCUT2D eigenvalue weighted by molar-refractivity contribution is 0.250. The molecule has 0 spiro atoms. The van der Waals surface area contributed by atoms with Crippen LogP contribution in [-0.4, -0.2) is 35.4 Å². The van der Waals surface area contributed by atoms with Gasteiger partial charge >= 0.3 is 6.03 Å². The van der Waals surface area contributed by atoms with E-state index in [0.29, 0.717) is 11.6 Å². The Morgan fingerprint density at radius 2 is 1.62 bits per heavy atom. The third kappa shape index (κ3) is 5.08. The molecule has 138 valence electrons. The highest BCUT2D eigenvalue weighted by molar-refractivity contribution is 5.88. The Morgan fingerprint density at radius 1 is 0.962 bits per heavy atom. The summed E-state index contributed by atoms with van der Waals surface area (Å²) in [5.41, 5.74) is 2.22. The predicted octanol–water partition coefficient (Wildman–Crippen LogP) is 3.74. The number of aromatic nitrogens is 2. The van der Waals surface area contributed by atoms with Crippen molar-refractivity contribution in [2.24, 2.45) is 0 Å². The minimum absolute atomic E-state index is 0.0665. The fourth-order valence-electron chi connectivity index (χ4n) is 2.94. The number of rotatable bonds is 5. The third-order valence-electron chi connectivity index (χ3n) is 4.19. The van der Waals surface area contributed by atoms with Crippen LogP contribution in [0.3, 0.4) is 0 Å². The molecule has 1 aromatic heterocycles. The zero-order valence-electron chi connectivity index (χ0n) is 15.3. The first-order valence-corrected chi connectivity index (χ1v) is 9.13. The first kappa shape index (κ1) is 18.0. The van der Waals surface area contributed by atoms with E-state index in [1.807, 2.05) is 26.0 Å². The van der Waals surface area contributed by atoms with Crippen LogP contribution in [0.25, 0.3) is 0 Å². The normalized spacial score (nSPS) is 14.2. The van der Waals surface area contributed by atoms with Gasteiger partial charge in [-0.2, -0.15) is 0 Å². The summed E-state index contributed by atoms with van der Waals surface area (Å²) in [7, 11) is 0. The van der Waals surface area contributed by atoms with Gasteiger partial charge in [-0.05, 0) is 69.5 Å². The average molecular weight is 354 g/mol. The van der Waals surface area contributed by atoms with Crippen molar-refractivity contribution in [1.82, 2.24) is 15.5 Å². The van der Waals surface area contributed by atoms with Gasteiger partial charge in [-0.3, -0.25) is 5.32 Å². The number of carbonyl (C=O) groups excluding carboxylic acids is 1. The van der Waals surface area contributed by atoms with E-state index in [-0.39, 0.29) is 12.1 Å². The zero-order chi connectivity index (χ0) is 18.4. The lowest BCUT2D eigenvalue weighted by atomic mass is 10.1. The van der Waals surface area contributed by atoms with E-state index in [0.717, 1.165) is 18.8 Å². The lowest BCUT2D eigenvalue weighted by Crippen LogP contribution is -2.34. The monoisotopic (exact) mass is 354 g/mol. The standard InChI is InChI=1S/C19H26N6O/c1-14(2)20-19(26)22-18-11-10-17(23-24-18)21-15-6-8-16(9-7-15)25-12-4-3-5-13-25/h6-11,14H,3-5,12-13H2,1-2H3,(H,21,23)(H2,20,22,24,26). The summed E-state index contributed by atoms with van der Waals surface area (Å²) in [4.78, 5) is 14.1. The average Bonchev–Trinajstić information content (AvgIpc) is 2.64. The van der Waals surface area contributed by atoms with Crippen molar-refractivity contribution < 1.29 is 4.79 Å². The van der Waals surface area contributed by atoms with Crippen LogP contribution in [0.4, 0.5) is 27.8 Å². The van der Waals surface area contributed by atoms with Gasteiger partial charge in [0.05, 0.1) is 0 Å². The molecule has 7 heteroatoms. The number of benzene rings is 1. The Balaban J connectivity index is 1.56. The minimum Gasteiger partial charge on any atom is -0.372 e. The second-order valence-corrected chi connectivity index (χ2v) is 6.78. The molecule has 1 aliphatic rings. The van der Waals surface area contributed by atoms with Gasteiger partial charge < -0.3 is 15.5 Å². The Hall–Kier alpha value is -2.83. The van der Waals surface area contributed by atoms with Crippen molar-refractivity contribution in [3.05, 3.63) is 36.4 Å². The molecule has 0 aliphatic carbocycles. The van der Waals surface area contributed by atoms with Gasteiger partial charge in [0.15, 0.2) is 11.6 Å². The molecule has 1 aliphatic heterocycles. The van der Waals surface area contributed by atoms with Crippen LogP contribution >= 0.6 is 0 Å². The van der Waals surface area contributed by atoms with Gasteiger partial charge in [0.1, 0.15) is 0 Å². The number of urea groups is 1. The maximum atomic E-state index is 11.7. The van der Waals surface area contributed by atoms with E-state index in [4.69, 9.17) is 0 Å². The Labute approximate surface area is 154 Å². The third-order valence-corrected chi connectivity index (χ3v) is 4.19. The molecule has 0 bridgehead atoms. The van der Waals surface area contributed by atoms with Crippen molar-refractivity contribution in [3.63, 3.8) is 0 Å². The largest absolute Gasteiger partial charge is 0.372 e. The first-order chi connectivity index (χ1) is 12.6. The molecule has 1 fully saturated rings. The summed E-state index contributed by atoms with van der Waals surface area (Å²) >= 11 is 0. The van der Waals surface area contributed by atoms with Crippen LogP contribution in [-0.2, 0) is 0 Å². The highest BCUT2D eigenvalue weighted by atomic mass is 16.2. The Morgan fingerprint density at radius 3 is 2.23 bits per heavy atom.